The monoisotopic (exact) mass is 207 g/mol. The van der Waals surface area contributed by atoms with E-state index in [0.717, 1.165) is 34.6 Å². The maximum absolute atomic E-state index is 12.3. The SMILES string of the molecule is Nc1c(C(F)(F)F)sc2c1CCC2. The molecule has 0 radical (unpaired) electrons. The van der Waals surface area contributed by atoms with Crippen LogP contribution in [0.3, 0.4) is 0 Å². The van der Waals surface area contributed by atoms with Crippen LogP contribution >= 0.6 is 11.3 Å². The van der Waals surface area contributed by atoms with E-state index in [9.17, 15) is 13.2 Å². The Labute approximate surface area is 77.4 Å². The standard InChI is InChI=1S/C8H8F3NS/c9-8(10,11)7-6(12)4-2-1-3-5(4)13-7/h1-3,12H2. The van der Waals surface area contributed by atoms with Gasteiger partial charge in [0.15, 0.2) is 0 Å². The normalized spacial score (nSPS) is 16.2. The average molecular weight is 207 g/mol. The van der Waals surface area contributed by atoms with Crippen molar-refractivity contribution in [2.45, 2.75) is 25.4 Å². The van der Waals surface area contributed by atoms with Crippen molar-refractivity contribution in [1.82, 2.24) is 0 Å². The van der Waals surface area contributed by atoms with Gasteiger partial charge in [0.2, 0.25) is 0 Å². The van der Waals surface area contributed by atoms with Gasteiger partial charge in [-0.1, -0.05) is 0 Å². The first-order valence-electron chi connectivity index (χ1n) is 3.97. The first-order valence-corrected chi connectivity index (χ1v) is 4.79. The summed E-state index contributed by atoms with van der Waals surface area (Å²) in [5.41, 5.74) is 6.13. The van der Waals surface area contributed by atoms with Crippen LogP contribution < -0.4 is 5.73 Å². The van der Waals surface area contributed by atoms with Crippen LogP contribution in [0.25, 0.3) is 0 Å². The van der Waals surface area contributed by atoms with Crippen molar-refractivity contribution in [3.8, 4) is 0 Å². The maximum Gasteiger partial charge on any atom is 0.427 e. The van der Waals surface area contributed by atoms with Crippen molar-refractivity contribution in [3.05, 3.63) is 15.3 Å². The fourth-order valence-electron chi connectivity index (χ4n) is 1.64. The van der Waals surface area contributed by atoms with Gasteiger partial charge >= 0.3 is 6.18 Å². The van der Waals surface area contributed by atoms with Crippen molar-refractivity contribution >= 4 is 17.0 Å². The van der Waals surface area contributed by atoms with Gasteiger partial charge in [-0.05, 0) is 24.8 Å². The molecule has 2 rings (SSSR count). The Balaban J connectivity index is 2.51. The molecule has 72 valence electrons. The number of nitrogens with two attached hydrogens (primary N) is 1. The molecule has 5 heteroatoms. The van der Waals surface area contributed by atoms with E-state index in [0.29, 0.717) is 6.42 Å². The van der Waals surface area contributed by atoms with Crippen LogP contribution in [0.5, 0.6) is 0 Å². The third-order valence-corrected chi connectivity index (χ3v) is 3.57. The molecule has 1 aromatic rings. The molecule has 0 spiro atoms. The molecular weight excluding hydrogens is 199 g/mol. The second-order valence-electron chi connectivity index (χ2n) is 3.10. The van der Waals surface area contributed by atoms with E-state index in [-0.39, 0.29) is 5.69 Å². The van der Waals surface area contributed by atoms with Crippen LogP contribution in [0.4, 0.5) is 18.9 Å². The van der Waals surface area contributed by atoms with Gasteiger partial charge in [-0.15, -0.1) is 11.3 Å². The molecule has 0 fully saturated rings. The summed E-state index contributed by atoms with van der Waals surface area (Å²) in [6.07, 6.45) is -1.89. The van der Waals surface area contributed by atoms with Gasteiger partial charge in [-0.25, -0.2) is 0 Å². The lowest BCUT2D eigenvalue weighted by molar-refractivity contribution is -0.133. The van der Waals surface area contributed by atoms with Crippen molar-refractivity contribution in [1.29, 1.82) is 0 Å². The van der Waals surface area contributed by atoms with Gasteiger partial charge in [0.1, 0.15) is 4.88 Å². The number of nitrogen functional groups attached to an aromatic ring is 1. The highest BCUT2D eigenvalue weighted by Crippen LogP contribution is 2.45. The molecule has 1 heterocycles. The molecule has 1 aromatic heterocycles. The van der Waals surface area contributed by atoms with E-state index < -0.39 is 11.1 Å². The Morgan fingerprint density at radius 1 is 1.23 bits per heavy atom. The van der Waals surface area contributed by atoms with Crippen molar-refractivity contribution in [3.63, 3.8) is 0 Å². The highest BCUT2D eigenvalue weighted by Gasteiger charge is 2.38. The van der Waals surface area contributed by atoms with E-state index in [1.165, 1.54) is 0 Å². The van der Waals surface area contributed by atoms with Crippen LogP contribution in [0, 0.1) is 0 Å². The average Bonchev–Trinajstić information content (AvgIpc) is 2.51. The third-order valence-electron chi connectivity index (χ3n) is 2.22. The van der Waals surface area contributed by atoms with Crippen molar-refractivity contribution in [2.75, 3.05) is 5.73 Å². The number of fused-ring (bicyclic) bond motifs is 1. The van der Waals surface area contributed by atoms with Gasteiger partial charge in [0.05, 0.1) is 5.69 Å². The van der Waals surface area contributed by atoms with Crippen LogP contribution in [0.1, 0.15) is 21.7 Å². The zero-order valence-electron chi connectivity index (χ0n) is 6.74. The summed E-state index contributed by atoms with van der Waals surface area (Å²) in [5, 5.41) is 0. The molecule has 0 bridgehead atoms. The second-order valence-corrected chi connectivity index (χ2v) is 4.20. The van der Waals surface area contributed by atoms with Gasteiger partial charge < -0.3 is 5.73 Å². The smallest absolute Gasteiger partial charge is 0.397 e. The van der Waals surface area contributed by atoms with E-state index in [4.69, 9.17) is 5.73 Å². The minimum atomic E-state index is -4.28. The number of hydrogen-bond acceptors (Lipinski definition) is 2. The summed E-state index contributed by atoms with van der Waals surface area (Å²) in [6.45, 7) is 0. The molecule has 0 saturated carbocycles. The van der Waals surface area contributed by atoms with Gasteiger partial charge in [-0.2, -0.15) is 13.2 Å². The molecular formula is C8H8F3NS. The minimum Gasteiger partial charge on any atom is -0.397 e. The van der Waals surface area contributed by atoms with E-state index >= 15 is 0 Å². The molecule has 1 aliphatic carbocycles. The molecule has 1 aliphatic rings. The Kier molecular flexibility index (Phi) is 1.80. The lowest BCUT2D eigenvalue weighted by Gasteiger charge is -2.04. The molecule has 0 unspecified atom stereocenters. The summed E-state index contributed by atoms with van der Waals surface area (Å²) in [7, 11) is 0. The summed E-state index contributed by atoms with van der Waals surface area (Å²) in [4.78, 5) is 0.210. The molecule has 0 aromatic carbocycles. The number of halogens is 3. The van der Waals surface area contributed by atoms with Crippen molar-refractivity contribution in [2.24, 2.45) is 0 Å². The maximum atomic E-state index is 12.3. The van der Waals surface area contributed by atoms with Crippen LogP contribution in [0.2, 0.25) is 0 Å². The largest absolute Gasteiger partial charge is 0.427 e. The zero-order valence-corrected chi connectivity index (χ0v) is 7.56. The highest BCUT2D eigenvalue weighted by molar-refractivity contribution is 7.13. The van der Waals surface area contributed by atoms with E-state index in [2.05, 4.69) is 0 Å². The van der Waals surface area contributed by atoms with Crippen LogP contribution in [-0.2, 0) is 19.0 Å². The van der Waals surface area contributed by atoms with Gasteiger partial charge in [-0.3, -0.25) is 0 Å². The molecule has 0 atom stereocenters. The fourth-order valence-corrected chi connectivity index (χ4v) is 2.82. The summed E-state index contributed by atoms with van der Waals surface area (Å²) < 4.78 is 37.0. The number of rotatable bonds is 0. The number of alkyl halides is 3. The Bertz CT molecular complexity index is 340. The molecule has 0 amide bonds. The molecule has 13 heavy (non-hydrogen) atoms. The Hall–Kier alpha value is -0.710. The Morgan fingerprint density at radius 2 is 1.92 bits per heavy atom. The zero-order chi connectivity index (χ0) is 9.64. The minimum absolute atomic E-state index is 0.0370. The number of aryl methyl sites for hydroxylation is 1. The second kappa shape index (κ2) is 2.64. The van der Waals surface area contributed by atoms with E-state index in [1.807, 2.05) is 0 Å². The lowest BCUT2D eigenvalue weighted by Crippen LogP contribution is -2.05. The first kappa shape index (κ1) is 8.87. The molecule has 0 saturated heterocycles. The third kappa shape index (κ3) is 1.31. The van der Waals surface area contributed by atoms with Crippen LogP contribution in [0.15, 0.2) is 0 Å². The lowest BCUT2D eigenvalue weighted by atomic mass is 10.2. The fraction of sp³-hybridized carbons (Fsp3) is 0.500. The first-order chi connectivity index (χ1) is 6.00. The number of thiophene rings is 1. The Morgan fingerprint density at radius 3 is 2.46 bits per heavy atom. The molecule has 0 aliphatic heterocycles. The molecule has 2 N–H and O–H groups in total. The van der Waals surface area contributed by atoms with Gasteiger partial charge in [0, 0.05) is 4.88 Å². The number of hydrogen-bond donors (Lipinski definition) is 1. The number of anilines is 1. The predicted octanol–water partition coefficient (Wildman–Crippen LogP) is 2.84. The summed E-state index contributed by atoms with van der Waals surface area (Å²) in [5.74, 6) is 0. The van der Waals surface area contributed by atoms with Crippen molar-refractivity contribution < 1.29 is 13.2 Å². The van der Waals surface area contributed by atoms with Gasteiger partial charge in [0.25, 0.3) is 0 Å². The molecule has 1 nitrogen and oxygen atoms in total. The van der Waals surface area contributed by atoms with Crippen LogP contribution in [-0.4, -0.2) is 0 Å². The summed E-state index contributed by atoms with van der Waals surface area (Å²) >= 11 is 0.806. The summed E-state index contributed by atoms with van der Waals surface area (Å²) in [6, 6.07) is 0. The topological polar surface area (TPSA) is 26.0 Å². The van der Waals surface area contributed by atoms with E-state index in [1.54, 1.807) is 0 Å². The predicted molar refractivity (Wildman–Crippen MR) is 45.8 cm³/mol. The highest BCUT2D eigenvalue weighted by atomic mass is 32.1. The quantitative estimate of drug-likeness (QED) is 0.695.